The standard InChI is InChI=1S/C25H27F3N8O4S/c1-24(2,3)40-23(38)34-22-35-25(21(27)28,14-41(39)31-10-4-5-11-36(22)41)19-16(26)7-9-18(32-19)33-20(37)17-8-6-15(12-29)13-30-17/h6-9,13,21H,4-5,10-11,14H2,1-3H3,(H,32,33,37)(H,34,35,38)/t25-,41-/m0/s1. The molecule has 4 heterocycles. The number of nitrogens with one attached hydrogen (secondary N) is 2. The Balaban J connectivity index is 1.80. The van der Waals surface area contributed by atoms with E-state index in [0.29, 0.717) is 12.8 Å². The van der Waals surface area contributed by atoms with E-state index in [4.69, 9.17) is 10.00 Å². The Labute approximate surface area is 234 Å². The molecule has 0 unspecified atom stereocenters. The maximum absolute atomic E-state index is 15.3. The van der Waals surface area contributed by atoms with E-state index >= 15 is 13.2 Å². The lowest BCUT2D eigenvalue weighted by molar-refractivity contribution is 0.0525. The van der Waals surface area contributed by atoms with Crippen LogP contribution in [0.25, 0.3) is 0 Å². The zero-order valence-electron chi connectivity index (χ0n) is 22.4. The number of ether oxygens (including phenoxy) is 1. The van der Waals surface area contributed by atoms with E-state index < -0.39 is 62.7 Å². The highest BCUT2D eigenvalue weighted by atomic mass is 32.2. The second kappa shape index (κ2) is 11.3. The summed E-state index contributed by atoms with van der Waals surface area (Å²) in [6.07, 6.45) is -2.35. The summed E-state index contributed by atoms with van der Waals surface area (Å²) in [6.45, 7) is 4.96. The number of alkyl carbamates (subject to hydrolysis) is 1. The van der Waals surface area contributed by atoms with Crippen molar-refractivity contribution in [2.45, 2.75) is 51.2 Å². The number of pyridine rings is 2. The summed E-state index contributed by atoms with van der Waals surface area (Å²) in [4.78, 5) is 37.2. The maximum Gasteiger partial charge on any atom is 0.414 e. The third-order valence-electron chi connectivity index (χ3n) is 5.95. The first kappa shape index (κ1) is 29.7. The van der Waals surface area contributed by atoms with Gasteiger partial charge in [0, 0.05) is 12.7 Å². The first-order valence-corrected chi connectivity index (χ1v) is 14.1. The van der Waals surface area contributed by atoms with Gasteiger partial charge in [-0.3, -0.25) is 14.4 Å². The van der Waals surface area contributed by atoms with Gasteiger partial charge in [-0.15, -0.1) is 0 Å². The third-order valence-corrected chi connectivity index (χ3v) is 8.40. The second-order valence-corrected chi connectivity index (χ2v) is 12.4. The fourth-order valence-electron chi connectivity index (χ4n) is 4.13. The van der Waals surface area contributed by atoms with Gasteiger partial charge in [-0.2, -0.15) is 5.26 Å². The van der Waals surface area contributed by atoms with Gasteiger partial charge in [0.05, 0.1) is 17.9 Å². The van der Waals surface area contributed by atoms with Crippen LogP contribution >= 0.6 is 0 Å². The van der Waals surface area contributed by atoms with Crippen LogP contribution in [-0.4, -0.2) is 67.3 Å². The molecule has 0 spiro atoms. The number of aliphatic imine (C=N–C) groups is 1. The molecule has 2 aromatic rings. The number of rotatable bonds is 4. The van der Waals surface area contributed by atoms with E-state index in [1.165, 1.54) is 18.3 Å². The molecule has 2 aliphatic heterocycles. The molecule has 12 nitrogen and oxygen atoms in total. The fourth-order valence-corrected chi connectivity index (χ4v) is 6.60. The minimum atomic E-state index is -3.66. The van der Waals surface area contributed by atoms with E-state index in [1.54, 1.807) is 20.8 Å². The molecule has 2 amide bonds. The molecule has 0 bridgehead atoms. The van der Waals surface area contributed by atoms with Crippen LogP contribution in [0, 0.1) is 17.1 Å². The Hall–Kier alpha value is -4.26. The highest BCUT2D eigenvalue weighted by Gasteiger charge is 2.54. The number of guanidine groups is 1. The van der Waals surface area contributed by atoms with Crippen LogP contribution in [-0.2, 0) is 20.2 Å². The number of amides is 2. The lowest BCUT2D eigenvalue weighted by atomic mass is 9.97. The van der Waals surface area contributed by atoms with Crippen molar-refractivity contribution in [3.8, 4) is 6.07 Å². The predicted molar refractivity (Wildman–Crippen MR) is 142 cm³/mol. The van der Waals surface area contributed by atoms with E-state index in [9.17, 15) is 13.8 Å². The van der Waals surface area contributed by atoms with E-state index in [-0.39, 0.29) is 30.2 Å². The minimum absolute atomic E-state index is 0.0832. The van der Waals surface area contributed by atoms with Crippen LogP contribution in [0.1, 0.15) is 55.4 Å². The quantitative estimate of drug-likeness (QED) is 0.548. The topological polar surface area (TPSA) is 162 Å². The van der Waals surface area contributed by atoms with Gasteiger partial charge < -0.3 is 10.1 Å². The summed E-state index contributed by atoms with van der Waals surface area (Å²) in [5.41, 5.74) is -4.60. The summed E-state index contributed by atoms with van der Waals surface area (Å²) < 4.78 is 69.9. The molecular formula is C25H27F3N8O4S. The average molecular weight is 593 g/mol. The molecule has 0 aromatic carbocycles. The summed E-state index contributed by atoms with van der Waals surface area (Å²) in [5.74, 6) is -3.76. The Morgan fingerprint density at radius 1 is 1.20 bits per heavy atom. The number of fused-ring (bicyclic) bond motifs is 1. The van der Waals surface area contributed by atoms with Gasteiger partial charge in [-0.1, -0.05) is 0 Å². The lowest BCUT2D eigenvalue weighted by Crippen LogP contribution is -2.58. The first-order valence-electron chi connectivity index (χ1n) is 12.5. The highest BCUT2D eigenvalue weighted by Crippen LogP contribution is 2.40. The Kier molecular flexibility index (Phi) is 8.20. The van der Waals surface area contributed by atoms with Crippen molar-refractivity contribution in [2.75, 3.05) is 24.2 Å². The Morgan fingerprint density at radius 3 is 2.59 bits per heavy atom. The molecule has 218 valence electrons. The normalized spacial score (nSPS) is 22.4. The van der Waals surface area contributed by atoms with Crippen LogP contribution in [0.2, 0.25) is 0 Å². The van der Waals surface area contributed by atoms with Gasteiger partial charge in [0.25, 0.3) is 12.3 Å². The minimum Gasteiger partial charge on any atom is -0.444 e. The predicted octanol–water partition coefficient (Wildman–Crippen LogP) is 3.57. The zero-order chi connectivity index (χ0) is 30.0. The van der Waals surface area contributed by atoms with Crippen molar-refractivity contribution in [3.63, 3.8) is 0 Å². The fraction of sp³-hybridized carbons (Fsp3) is 0.440. The van der Waals surface area contributed by atoms with Gasteiger partial charge in [0.15, 0.2) is 5.54 Å². The molecule has 2 atom stereocenters. The number of hydrogen-bond donors (Lipinski definition) is 2. The van der Waals surface area contributed by atoms with E-state index in [1.807, 2.05) is 6.07 Å². The number of halogens is 3. The monoisotopic (exact) mass is 592 g/mol. The van der Waals surface area contributed by atoms with Gasteiger partial charge in [0.2, 0.25) is 5.96 Å². The molecule has 0 saturated heterocycles. The number of carbonyl (C=O) groups is 2. The average Bonchev–Trinajstić information content (AvgIpc) is 3.09. The molecule has 41 heavy (non-hydrogen) atoms. The van der Waals surface area contributed by atoms with Crippen molar-refractivity contribution >= 4 is 33.7 Å². The SMILES string of the molecule is CC(C)(C)OC(=O)NC1=N[C@@](c2nc(NC(=O)c3ccc(C#N)cn3)ccc2F)(C(F)F)C[S@]2(=O)=NCCCCN12. The summed E-state index contributed by atoms with van der Waals surface area (Å²) in [5, 5.41) is 13.6. The molecule has 0 radical (unpaired) electrons. The Morgan fingerprint density at radius 2 is 1.95 bits per heavy atom. The third kappa shape index (κ3) is 6.40. The molecule has 0 fully saturated rings. The molecule has 0 aliphatic carbocycles. The van der Waals surface area contributed by atoms with Crippen LogP contribution in [0.4, 0.5) is 23.8 Å². The molecule has 2 aromatic heterocycles. The van der Waals surface area contributed by atoms with E-state index in [2.05, 4.69) is 30.0 Å². The highest BCUT2D eigenvalue weighted by molar-refractivity contribution is 7.92. The van der Waals surface area contributed by atoms with Crippen LogP contribution in [0.5, 0.6) is 0 Å². The van der Waals surface area contributed by atoms with Crippen molar-refractivity contribution in [1.82, 2.24) is 19.6 Å². The van der Waals surface area contributed by atoms with Gasteiger partial charge in [0.1, 0.15) is 44.6 Å². The summed E-state index contributed by atoms with van der Waals surface area (Å²) in [6, 6.07) is 6.35. The lowest BCUT2D eigenvalue weighted by Gasteiger charge is -2.40. The molecule has 4 rings (SSSR count). The van der Waals surface area contributed by atoms with Gasteiger partial charge in [-0.05, 0) is 57.9 Å². The molecule has 2 N–H and O–H groups in total. The number of aromatic nitrogens is 2. The summed E-state index contributed by atoms with van der Waals surface area (Å²) in [7, 11) is -3.66. The molecular weight excluding hydrogens is 565 g/mol. The number of alkyl halides is 2. The van der Waals surface area contributed by atoms with Gasteiger partial charge in [-0.25, -0.2) is 41.5 Å². The van der Waals surface area contributed by atoms with Crippen LogP contribution < -0.4 is 10.6 Å². The van der Waals surface area contributed by atoms with Crippen molar-refractivity contribution in [3.05, 3.63) is 53.2 Å². The molecule has 0 saturated carbocycles. The largest absolute Gasteiger partial charge is 0.444 e. The number of nitriles is 1. The summed E-state index contributed by atoms with van der Waals surface area (Å²) >= 11 is 0. The van der Waals surface area contributed by atoms with Gasteiger partial charge >= 0.3 is 6.09 Å². The van der Waals surface area contributed by atoms with Crippen molar-refractivity contribution < 1.29 is 31.7 Å². The zero-order valence-corrected chi connectivity index (χ0v) is 23.2. The maximum atomic E-state index is 15.3. The van der Waals surface area contributed by atoms with Crippen LogP contribution in [0.15, 0.2) is 39.8 Å². The van der Waals surface area contributed by atoms with Crippen molar-refractivity contribution in [2.24, 2.45) is 9.36 Å². The van der Waals surface area contributed by atoms with Crippen LogP contribution in [0.3, 0.4) is 0 Å². The molecule has 16 heteroatoms. The van der Waals surface area contributed by atoms with Crippen molar-refractivity contribution in [1.29, 1.82) is 5.26 Å². The molecule has 2 aliphatic rings. The number of hydrogen-bond acceptors (Lipinski definition) is 9. The number of nitrogens with zero attached hydrogens (tertiary/aromatic N) is 6. The van der Waals surface area contributed by atoms with E-state index in [0.717, 1.165) is 16.4 Å². The smallest absolute Gasteiger partial charge is 0.414 e. The first-order chi connectivity index (χ1) is 19.3. The number of carbonyl (C=O) groups excluding carboxylic acids is 2. The second-order valence-electron chi connectivity index (χ2n) is 10.2. The number of anilines is 1. The Bertz CT molecular complexity index is 1550.